The lowest BCUT2D eigenvalue weighted by Gasteiger charge is -2.09. The summed E-state index contributed by atoms with van der Waals surface area (Å²) in [4.78, 5) is 10.9. The molecule has 0 aliphatic rings. The van der Waals surface area contributed by atoms with E-state index in [-0.39, 0.29) is 5.92 Å². The van der Waals surface area contributed by atoms with Gasteiger partial charge in [0, 0.05) is 5.92 Å². The largest absolute Gasteiger partial charge is 0.330 e. The Morgan fingerprint density at radius 2 is 2.18 bits per heavy atom. The summed E-state index contributed by atoms with van der Waals surface area (Å²) >= 11 is 0. The minimum Gasteiger partial charge on any atom is -0.330 e. The second-order valence-corrected chi connectivity index (χ2v) is 3.00. The normalized spacial score (nSPS) is 12.9. The highest BCUT2D eigenvalue weighted by Crippen LogP contribution is 2.11. The van der Waals surface area contributed by atoms with Crippen LogP contribution in [-0.2, 0) is 4.79 Å². The summed E-state index contributed by atoms with van der Waals surface area (Å²) in [5, 5.41) is 0. The molecule has 0 saturated heterocycles. The van der Waals surface area contributed by atoms with Gasteiger partial charge < -0.3 is 10.5 Å². The molecule has 0 aromatic heterocycles. The zero-order chi connectivity index (χ0) is 8.69. The van der Waals surface area contributed by atoms with Crippen molar-refractivity contribution in [3.8, 4) is 0 Å². The summed E-state index contributed by atoms with van der Waals surface area (Å²) in [6, 6.07) is 0. The van der Waals surface area contributed by atoms with Crippen molar-refractivity contribution in [1.82, 2.24) is 0 Å². The average Bonchev–Trinajstić information content (AvgIpc) is 1.97. The molecule has 0 aliphatic heterocycles. The number of hydrogen-bond acceptors (Lipinski definition) is 2. The lowest BCUT2D eigenvalue weighted by molar-refractivity contribution is -0.115. The third kappa shape index (κ3) is 5.02. The maximum Gasteiger partial charge on any atom is 0.187 e. The number of carbonyl (C=O) groups is 1. The van der Waals surface area contributed by atoms with E-state index in [4.69, 9.17) is 5.73 Å². The predicted molar refractivity (Wildman–Crippen MR) is 50.2 cm³/mol. The maximum absolute atomic E-state index is 10.9. The van der Waals surface area contributed by atoms with Gasteiger partial charge in [-0.15, -0.1) is 0 Å². The maximum atomic E-state index is 10.9. The van der Waals surface area contributed by atoms with Crippen molar-refractivity contribution >= 4 is 13.5 Å². The molecule has 0 aromatic carbocycles. The van der Waals surface area contributed by atoms with E-state index >= 15 is 0 Å². The summed E-state index contributed by atoms with van der Waals surface area (Å²) in [5.74, 6) is 0.279. The topological polar surface area (TPSA) is 43.1 Å². The van der Waals surface area contributed by atoms with E-state index in [1.54, 1.807) is 7.85 Å². The Morgan fingerprint density at radius 3 is 2.55 bits per heavy atom. The standard InChI is InChI=1S/C8H18BNO/c1-2-7(8(9)11)5-3-4-6-10/h7H,2-6,9-10H2,1H3/t7-/m0/s1. The first kappa shape index (κ1) is 10.7. The molecule has 0 unspecified atom stereocenters. The summed E-state index contributed by atoms with van der Waals surface area (Å²) in [6.45, 7) is 2.81. The molecule has 0 rings (SSSR count). The van der Waals surface area contributed by atoms with Gasteiger partial charge in [-0.3, -0.25) is 0 Å². The highest BCUT2D eigenvalue weighted by molar-refractivity contribution is 6.58. The zero-order valence-corrected chi connectivity index (χ0v) is 7.60. The third-order valence-corrected chi connectivity index (χ3v) is 2.07. The lowest BCUT2D eigenvalue weighted by Crippen LogP contribution is -2.13. The van der Waals surface area contributed by atoms with Crippen LogP contribution < -0.4 is 5.73 Å². The highest BCUT2D eigenvalue weighted by atomic mass is 16.1. The molecule has 2 N–H and O–H groups in total. The summed E-state index contributed by atoms with van der Waals surface area (Å²) in [6.07, 6.45) is 4.13. The van der Waals surface area contributed by atoms with Crippen LogP contribution in [0.1, 0.15) is 32.6 Å². The van der Waals surface area contributed by atoms with Gasteiger partial charge in [0.25, 0.3) is 0 Å². The van der Waals surface area contributed by atoms with Gasteiger partial charge in [0.05, 0.1) is 5.68 Å². The molecule has 2 nitrogen and oxygen atoms in total. The molecule has 64 valence electrons. The van der Waals surface area contributed by atoms with Crippen LogP contribution in [0.2, 0.25) is 0 Å². The molecule has 0 bridgehead atoms. The molecule has 11 heavy (non-hydrogen) atoms. The molecular weight excluding hydrogens is 137 g/mol. The van der Waals surface area contributed by atoms with E-state index in [9.17, 15) is 4.79 Å². The minimum atomic E-state index is 0.279. The van der Waals surface area contributed by atoms with Crippen LogP contribution in [0, 0.1) is 5.92 Å². The van der Waals surface area contributed by atoms with Gasteiger partial charge in [0.15, 0.2) is 7.85 Å². The Morgan fingerprint density at radius 1 is 1.55 bits per heavy atom. The van der Waals surface area contributed by atoms with E-state index in [1.807, 2.05) is 0 Å². The average molecular weight is 155 g/mol. The third-order valence-electron chi connectivity index (χ3n) is 2.07. The number of nitrogens with two attached hydrogens (primary N) is 1. The first-order chi connectivity index (χ1) is 5.22. The van der Waals surface area contributed by atoms with Crippen molar-refractivity contribution in [2.24, 2.45) is 11.7 Å². The molecule has 0 radical (unpaired) electrons. The van der Waals surface area contributed by atoms with Crippen molar-refractivity contribution in [1.29, 1.82) is 0 Å². The summed E-state index contributed by atoms with van der Waals surface area (Å²) in [7, 11) is 1.68. The van der Waals surface area contributed by atoms with E-state index in [0.29, 0.717) is 5.68 Å². The molecule has 3 heteroatoms. The molecule has 0 heterocycles. The van der Waals surface area contributed by atoms with Gasteiger partial charge in [-0.25, -0.2) is 0 Å². The van der Waals surface area contributed by atoms with E-state index in [2.05, 4.69) is 6.92 Å². The van der Waals surface area contributed by atoms with Crippen LogP contribution in [0.3, 0.4) is 0 Å². The summed E-state index contributed by atoms with van der Waals surface area (Å²) < 4.78 is 0. The quantitative estimate of drug-likeness (QED) is 0.442. The van der Waals surface area contributed by atoms with E-state index < -0.39 is 0 Å². The van der Waals surface area contributed by atoms with Crippen molar-refractivity contribution < 1.29 is 4.79 Å². The Labute approximate surface area is 69.9 Å². The molecule has 0 aromatic rings. The first-order valence-electron chi connectivity index (χ1n) is 4.42. The van der Waals surface area contributed by atoms with Crippen LogP contribution in [0.4, 0.5) is 0 Å². The fourth-order valence-electron chi connectivity index (χ4n) is 1.23. The van der Waals surface area contributed by atoms with Crippen LogP contribution in [0.25, 0.3) is 0 Å². The lowest BCUT2D eigenvalue weighted by atomic mass is 9.84. The first-order valence-corrected chi connectivity index (χ1v) is 4.42. The van der Waals surface area contributed by atoms with Crippen LogP contribution in [-0.4, -0.2) is 20.1 Å². The van der Waals surface area contributed by atoms with Gasteiger partial charge in [-0.05, 0) is 25.8 Å². The second kappa shape index (κ2) is 6.41. The molecule has 1 atom stereocenters. The zero-order valence-electron chi connectivity index (χ0n) is 7.60. The molecule has 0 amide bonds. The van der Waals surface area contributed by atoms with Crippen molar-refractivity contribution in [3.05, 3.63) is 0 Å². The van der Waals surface area contributed by atoms with Gasteiger partial charge in [0.2, 0.25) is 0 Å². The number of rotatable bonds is 6. The van der Waals surface area contributed by atoms with Crippen molar-refractivity contribution in [3.63, 3.8) is 0 Å². The number of unbranched alkanes of at least 4 members (excludes halogenated alkanes) is 1. The fourth-order valence-corrected chi connectivity index (χ4v) is 1.23. The summed E-state index contributed by atoms with van der Waals surface area (Å²) in [5.41, 5.74) is 5.67. The SMILES string of the molecule is BC(=O)[C@@H](CC)CCCCN. The smallest absolute Gasteiger partial charge is 0.187 e. The van der Waals surface area contributed by atoms with E-state index in [1.165, 1.54) is 0 Å². The molecule has 0 fully saturated rings. The monoisotopic (exact) mass is 155 g/mol. The van der Waals surface area contributed by atoms with Gasteiger partial charge in [0.1, 0.15) is 0 Å². The van der Waals surface area contributed by atoms with Crippen LogP contribution in [0.5, 0.6) is 0 Å². The van der Waals surface area contributed by atoms with E-state index in [0.717, 1.165) is 32.2 Å². The minimum absolute atomic E-state index is 0.279. The molecule has 0 spiro atoms. The Hall–Kier alpha value is -0.305. The van der Waals surface area contributed by atoms with Crippen LogP contribution >= 0.6 is 0 Å². The number of carbonyl (C=O) groups excluding carboxylic acids is 1. The Balaban J connectivity index is 3.44. The Kier molecular flexibility index (Phi) is 6.23. The van der Waals surface area contributed by atoms with Gasteiger partial charge in [-0.2, -0.15) is 0 Å². The van der Waals surface area contributed by atoms with Crippen molar-refractivity contribution in [2.75, 3.05) is 6.54 Å². The molecule has 0 saturated carbocycles. The van der Waals surface area contributed by atoms with Gasteiger partial charge in [-0.1, -0.05) is 13.3 Å². The predicted octanol–water partition coefficient (Wildman–Crippen LogP) is 0.301. The second-order valence-electron chi connectivity index (χ2n) is 3.00. The Bertz CT molecular complexity index is 117. The number of hydrogen-bond donors (Lipinski definition) is 1. The highest BCUT2D eigenvalue weighted by Gasteiger charge is 2.09. The van der Waals surface area contributed by atoms with Crippen molar-refractivity contribution in [2.45, 2.75) is 32.6 Å². The van der Waals surface area contributed by atoms with Gasteiger partial charge >= 0.3 is 0 Å². The molecule has 0 aliphatic carbocycles. The molecular formula is C8H18BNO. The fraction of sp³-hybridized carbons (Fsp3) is 0.875. The van der Waals surface area contributed by atoms with Crippen LogP contribution in [0.15, 0.2) is 0 Å².